The van der Waals surface area contributed by atoms with E-state index in [1.54, 1.807) is 0 Å². The smallest absolute Gasteiger partial charge is 0.130 e. The van der Waals surface area contributed by atoms with Crippen LogP contribution in [0, 0.1) is 4.64 Å². The van der Waals surface area contributed by atoms with Crippen molar-refractivity contribution < 1.29 is 0 Å². The van der Waals surface area contributed by atoms with Gasteiger partial charge in [0.1, 0.15) is 10.5 Å². The molecule has 0 aromatic carbocycles. The first-order valence-corrected chi connectivity index (χ1v) is 5.45. The normalized spacial score (nSPS) is 12.1. The molecule has 0 aliphatic rings. The maximum Gasteiger partial charge on any atom is 0.130 e. The quantitative estimate of drug-likeness (QED) is 0.785. The molecule has 4 heteroatoms. The van der Waals surface area contributed by atoms with Gasteiger partial charge in [-0.25, -0.2) is 4.98 Å². The molecule has 0 saturated carbocycles. The maximum atomic E-state index is 5.16. The molecule has 1 aromatic heterocycles. The Morgan fingerprint density at radius 1 is 1.40 bits per heavy atom. The van der Waals surface area contributed by atoms with Crippen molar-refractivity contribution in [3.8, 4) is 0 Å². The Kier molecular flexibility index (Phi) is 3.62. The van der Waals surface area contributed by atoms with Gasteiger partial charge in [-0.05, 0) is 20.2 Å². The minimum atomic E-state index is 0.0809. The Morgan fingerprint density at radius 2 is 2.00 bits per heavy atom. The minimum Gasteiger partial charge on any atom is -0.346 e. The molecule has 0 spiro atoms. The zero-order chi connectivity index (χ0) is 11.6. The second-order valence-corrected chi connectivity index (χ2v) is 5.49. The van der Waals surface area contributed by atoms with E-state index in [1.807, 2.05) is 20.2 Å². The largest absolute Gasteiger partial charge is 0.346 e. The third-order valence-corrected chi connectivity index (χ3v) is 2.28. The average molecular weight is 225 g/mol. The van der Waals surface area contributed by atoms with Crippen molar-refractivity contribution in [3.05, 3.63) is 22.2 Å². The highest BCUT2D eigenvalue weighted by molar-refractivity contribution is 7.71. The van der Waals surface area contributed by atoms with E-state index in [0.29, 0.717) is 4.64 Å². The molecular weight excluding hydrogens is 206 g/mol. The van der Waals surface area contributed by atoms with Crippen LogP contribution in [0.5, 0.6) is 0 Å². The van der Waals surface area contributed by atoms with Crippen LogP contribution < -0.4 is 0 Å². The van der Waals surface area contributed by atoms with Crippen LogP contribution in [0.15, 0.2) is 6.07 Å². The minimum absolute atomic E-state index is 0.0809. The third-order valence-electron chi connectivity index (χ3n) is 2.07. The fraction of sp³-hybridized carbons (Fsp3) is 0.636. The summed E-state index contributed by atoms with van der Waals surface area (Å²) in [5, 5.41) is 0. The van der Waals surface area contributed by atoms with E-state index in [-0.39, 0.29) is 5.41 Å². The summed E-state index contributed by atoms with van der Waals surface area (Å²) >= 11 is 5.16. The lowest BCUT2D eigenvalue weighted by molar-refractivity contribution is 0.387. The lowest BCUT2D eigenvalue weighted by atomic mass is 9.92. The summed E-state index contributed by atoms with van der Waals surface area (Å²) in [5.74, 6) is 0.928. The van der Waals surface area contributed by atoms with E-state index in [1.165, 1.54) is 0 Å². The van der Waals surface area contributed by atoms with Gasteiger partial charge in [0.05, 0.1) is 6.54 Å². The van der Waals surface area contributed by atoms with E-state index in [4.69, 9.17) is 12.2 Å². The number of nitrogens with zero attached hydrogens (tertiary/aromatic N) is 2. The molecular formula is C11H19N3S. The van der Waals surface area contributed by atoms with E-state index in [9.17, 15) is 0 Å². The second-order valence-electron chi connectivity index (χ2n) is 5.07. The maximum absolute atomic E-state index is 5.16. The van der Waals surface area contributed by atoms with Crippen molar-refractivity contribution in [2.75, 3.05) is 14.1 Å². The van der Waals surface area contributed by atoms with Crippen LogP contribution >= 0.6 is 12.2 Å². The number of hydrogen-bond donors (Lipinski definition) is 1. The SMILES string of the molecule is CN(C)Cc1nc(=S)cc(C(C)(C)C)[nH]1. The Labute approximate surface area is 96.5 Å². The summed E-state index contributed by atoms with van der Waals surface area (Å²) in [6, 6.07) is 1.94. The van der Waals surface area contributed by atoms with Crippen LogP contribution in [-0.4, -0.2) is 29.0 Å². The Hall–Kier alpha value is -0.740. The predicted octanol–water partition coefficient (Wildman–Crippen LogP) is 2.50. The number of aromatic nitrogens is 2. The molecule has 0 unspecified atom stereocenters. The molecule has 84 valence electrons. The van der Waals surface area contributed by atoms with Gasteiger partial charge in [-0.2, -0.15) is 0 Å². The van der Waals surface area contributed by atoms with Gasteiger partial charge in [-0.1, -0.05) is 33.0 Å². The highest BCUT2D eigenvalue weighted by atomic mass is 32.1. The second kappa shape index (κ2) is 4.41. The van der Waals surface area contributed by atoms with Gasteiger partial charge in [0, 0.05) is 11.1 Å². The number of H-pyrrole nitrogens is 1. The van der Waals surface area contributed by atoms with Gasteiger partial charge in [-0.15, -0.1) is 0 Å². The molecule has 1 rings (SSSR count). The molecule has 1 heterocycles. The van der Waals surface area contributed by atoms with Crippen molar-refractivity contribution in [2.45, 2.75) is 32.7 Å². The van der Waals surface area contributed by atoms with Crippen LogP contribution in [0.4, 0.5) is 0 Å². The molecule has 1 N–H and O–H groups in total. The first kappa shape index (κ1) is 12.3. The number of hydrogen-bond acceptors (Lipinski definition) is 3. The van der Waals surface area contributed by atoms with E-state index >= 15 is 0 Å². The molecule has 0 atom stereocenters. The Morgan fingerprint density at radius 3 is 2.47 bits per heavy atom. The summed E-state index contributed by atoms with van der Waals surface area (Å²) in [5.41, 5.74) is 1.22. The van der Waals surface area contributed by atoms with Crippen LogP contribution in [0.1, 0.15) is 32.3 Å². The van der Waals surface area contributed by atoms with Crippen LogP contribution in [-0.2, 0) is 12.0 Å². The van der Waals surface area contributed by atoms with Crippen molar-refractivity contribution in [1.29, 1.82) is 0 Å². The Balaban J connectivity index is 3.11. The highest BCUT2D eigenvalue weighted by Crippen LogP contribution is 2.19. The van der Waals surface area contributed by atoms with Crippen molar-refractivity contribution in [2.24, 2.45) is 0 Å². The van der Waals surface area contributed by atoms with Gasteiger partial charge in [-0.3, -0.25) is 0 Å². The molecule has 1 aromatic rings. The molecule has 0 aliphatic carbocycles. The van der Waals surface area contributed by atoms with Crippen LogP contribution in [0.2, 0.25) is 0 Å². The topological polar surface area (TPSA) is 31.9 Å². The molecule has 0 radical (unpaired) electrons. The Bertz CT molecular complexity index is 388. The molecule has 0 bridgehead atoms. The fourth-order valence-corrected chi connectivity index (χ4v) is 1.51. The fourth-order valence-electron chi connectivity index (χ4n) is 1.29. The molecule has 0 amide bonds. The molecule has 0 saturated heterocycles. The van der Waals surface area contributed by atoms with E-state index in [0.717, 1.165) is 18.1 Å². The van der Waals surface area contributed by atoms with E-state index in [2.05, 4.69) is 35.6 Å². The van der Waals surface area contributed by atoms with E-state index < -0.39 is 0 Å². The van der Waals surface area contributed by atoms with Crippen molar-refractivity contribution in [1.82, 2.24) is 14.9 Å². The summed E-state index contributed by atoms with van der Waals surface area (Å²) in [7, 11) is 4.03. The summed E-state index contributed by atoms with van der Waals surface area (Å²) in [6.07, 6.45) is 0. The van der Waals surface area contributed by atoms with Crippen LogP contribution in [0.3, 0.4) is 0 Å². The standard InChI is InChI=1S/C11H19N3S/c1-11(2,3)8-6-10(15)13-9(12-8)7-14(4)5/h6H,7H2,1-5H3,(H,12,13,15). The van der Waals surface area contributed by atoms with Crippen molar-refractivity contribution >= 4 is 12.2 Å². The van der Waals surface area contributed by atoms with Crippen molar-refractivity contribution in [3.63, 3.8) is 0 Å². The highest BCUT2D eigenvalue weighted by Gasteiger charge is 2.15. The van der Waals surface area contributed by atoms with Gasteiger partial charge >= 0.3 is 0 Å². The zero-order valence-electron chi connectivity index (χ0n) is 10.1. The summed E-state index contributed by atoms with van der Waals surface area (Å²) in [6.45, 7) is 7.26. The molecule has 0 fully saturated rings. The van der Waals surface area contributed by atoms with Gasteiger partial charge in [0.15, 0.2) is 0 Å². The molecule has 0 aliphatic heterocycles. The third kappa shape index (κ3) is 3.72. The number of nitrogens with one attached hydrogen (secondary N) is 1. The summed E-state index contributed by atoms with van der Waals surface area (Å²) in [4.78, 5) is 9.71. The lowest BCUT2D eigenvalue weighted by Gasteiger charge is -2.20. The average Bonchev–Trinajstić information content (AvgIpc) is 1.99. The summed E-state index contributed by atoms with van der Waals surface area (Å²) < 4.78 is 0.663. The number of rotatable bonds is 2. The first-order chi connectivity index (χ1) is 6.79. The molecule has 3 nitrogen and oxygen atoms in total. The molecule has 15 heavy (non-hydrogen) atoms. The monoisotopic (exact) mass is 225 g/mol. The van der Waals surface area contributed by atoms with Gasteiger partial charge in [0.2, 0.25) is 0 Å². The van der Waals surface area contributed by atoms with Gasteiger partial charge in [0.25, 0.3) is 0 Å². The predicted molar refractivity (Wildman–Crippen MR) is 65.5 cm³/mol. The first-order valence-electron chi connectivity index (χ1n) is 5.04. The lowest BCUT2D eigenvalue weighted by Crippen LogP contribution is -2.18. The van der Waals surface area contributed by atoms with Crippen LogP contribution in [0.25, 0.3) is 0 Å². The van der Waals surface area contributed by atoms with Gasteiger partial charge < -0.3 is 9.88 Å². The number of aromatic amines is 1. The zero-order valence-corrected chi connectivity index (χ0v) is 10.9.